The van der Waals surface area contributed by atoms with Gasteiger partial charge in [0.05, 0.1) is 18.4 Å². The molecular weight excluding hydrogens is 304 g/mol. The predicted octanol–water partition coefficient (Wildman–Crippen LogP) is 2.21. The van der Waals surface area contributed by atoms with Crippen LogP contribution >= 0.6 is 0 Å². The monoisotopic (exact) mass is 328 g/mol. The average molecular weight is 328 g/mol. The zero-order chi connectivity index (χ0) is 16.9. The number of aryl methyl sites for hydroxylation is 2. The zero-order valence-corrected chi connectivity index (χ0v) is 14.1. The Morgan fingerprint density at radius 3 is 2.79 bits per heavy atom. The minimum Gasteiger partial charge on any atom is -0.481 e. The van der Waals surface area contributed by atoms with Crippen LogP contribution in [0.3, 0.4) is 0 Å². The van der Waals surface area contributed by atoms with Gasteiger partial charge < -0.3 is 9.67 Å². The number of piperidine rings is 1. The van der Waals surface area contributed by atoms with Gasteiger partial charge in [0.1, 0.15) is 0 Å². The highest BCUT2D eigenvalue weighted by Crippen LogP contribution is 2.27. The fraction of sp³-hybridized carbons (Fsp3) is 0.500. The summed E-state index contributed by atoms with van der Waals surface area (Å²) in [5.74, 6) is -0.303. The van der Waals surface area contributed by atoms with E-state index < -0.39 is 5.97 Å². The molecule has 24 heavy (non-hydrogen) atoms. The van der Waals surface area contributed by atoms with Crippen molar-refractivity contribution in [3.63, 3.8) is 0 Å². The number of carbonyl (C=O) groups is 1. The van der Waals surface area contributed by atoms with Crippen molar-refractivity contribution >= 4 is 5.97 Å². The summed E-state index contributed by atoms with van der Waals surface area (Å²) in [6, 6.07) is 6.00. The number of aliphatic carboxylic acids is 1. The maximum atomic E-state index is 10.7. The van der Waals surface area contributed by atoms with E-state index in [1.165, 1.54) is 5.69 Å². The fourth-order valence-electron chi connectivity index (χ4n) is 3.25. The van der Waals surface area contributed by atoms with Gasteiger partial charge in [0.25, 0.3) is 0 Å². The lowest BCUT2D eigenvalue weighted by Gasteiger charge is -2.31. The van der Waals surface area contributed by atoms with Gasteiger partial charge in [-0.05, 0) is 38.1 Å². The van der Waals surface area contributed by atoms with Crippen LogP contribution in [0.5, 0.6) is 0 Å². The summed E-state index contributed by atoms with van der Waals surface area (Å²) >= 11 is 0. The van der Waals surface area contributed by atoms with Crippen LogP contribution < -0.4 is 0 Å². The highest BCUT2D eigenvalue weighted by molar-refractivity contribution is 5.66. The topological polar surface area (TPSA) is 71.2 Å². The minimum absolute atomic E-state index is 0.138. The molecule has 3 heterocycles. The second-order valence-corrected chi connectivity index (χ2v) is 6.49. The van der Waals surface area contributed by atoms with E-state index >= 15 is 0 Å². The van der Waals surface area contributed by atoms with Gasteiger partial charge in [-0.2, -0.15) is 0 Å². The zero-order valence-electron chi connectivity index (χ0n) is 14.1. The average Bonchev–Trinajstić information content (AvgIpc) is 2.99. The number of aromatic nitrogens is 3. The molecule has 1 aliphatic rings. The molecule has 1 saturated heterocycles. The van der Waals surface area contributed by atoms with E-state index in [9.17, 15) is 4.79 Å². The molecule has 0 bridgehead atoms. The van der Waals surface area contributed by atoms with Crippen LogP contribution in [0.15, 0.2) is 30.7 Å². The molecule has 0 amide bonds. The quantitative estimate of drug-likeness (QED) is 0.880. The van der Waals surface area contributed by atoms with Crippen molar-refractivity contribution in [2.24, 2.45) is 7.05 Å². The molecule has 1 aliphatic heterocycles. The summed E-state index contributed by atoms with van der Waals surface area (Å²) in [5.41, 5.74) is 3.23. The van der Waals surface area contributed by atoms with Crippen molar-refractivity contribution in [3.05, 3.63) is 47.8 Å². The summed E-state index contributed by atoms with van der Waals surface area (Å²) in [4.78, 5) is 22.0. The van der Waals surface area contributed by atoms with Crippen molar-refractivity contribution in [3.8, 4) is 0 Å². The number of nitrogens with zero attached hydrogens (tertiary/aromatic N) is 4. The number of carboxylic acid groups (broad SMARTS) is 1. The predicted molar refractivity (Wildman–Crippen MR) is 90.7 cm³/mol. The number of carboxylic acids is 1. The molecular formula is C18H24N4O2. The van der Waals surface area contributed by atoms with Gasteiger partial charge in [-0.3, -0.25) is 14.7 Å². The summed E-state index contributed by atoms with van der Waals surface area (Å²) in [6.07, 6.45) is 6.59. The maximum Gasteiger partial charge on any atom is 0.303 e. The standard InChI is InChI=1S/C18H24N4O2/c1-21-13-19-11-16(21)12-22-9-7-14(8-10-22)17-4-2-3-15(20-17)5-6-18(23)24/h2-4,11,13-14H,5-10,12H2,1H3,(H,23,24). The van der Waals surface area contributed by atoms with Crippen LogP contribution in [0, 0.1) is 0 Å². The maximum absolute atomic E-state index is 10.7. The Labute approximate surface area is 142 Å². The Balaban J connectivity index is 1.55. The van der Waals surface area contributed by atoms with E-state index in [-0.39, 0.29) is 6.42 Å². The van der Waals surface area contributed by atoms with Crippen LogP contribution in [0.2, 0.25) is 0 Å². The first-order valence-electron chi connectivity index (χ1n) is 8.47. The molecule has 6 heteroatoms. The molecule has 1 fully saturated rings. The number of hydrogen-bond acceptors (Lipinski definition) is 4. The van der Waals surface area contributed by atoms with Gasteiger partial charge in [-0.15, -0.1) is 0 Å². The number of likely N-dealkylation sites (tertiary alicyclic amines) is 1. The van der Waals surface area contributed by atoms with Crippen LogP contribution in [0.1, 0.15) is 42.3 Å². The van der Waals surface area contributed by atoms with Gasteiger partial charge in [-0.1, -0.05) is 6.07 Å². The smallest absolute Gasteiger partial charge is 0.303 e. The van der Waals surface area contributed by atoms with Gasteiger partial charge in [0.15, 0.2) is 0 Å². The summed E-state index contributed by atoms with van der Waals surface area (Å²) < 4.78 is 2.07. The minimum atomic E-state index is -0.773. The highest BCUT2D eigenvalue weighted by atomic mass is 16.4. The highest BCUT2D eigenvalue weighted by Gasteiger charge is 2.22. The van der Waals surface area contributed by atoms with Crippen molar-refractivity contribution < 1.29 is 9.90 Å². The number of hydrogen-bond donors (Lipinski definition) is 1. The van der Waals surface area contributed by atoms with Crippen LogP contribution in [0.4, 0.5) is 0 Å². The van der Waals surface area contributed by atoms with Crippen LogP contribution in [-0.2, 0) is 24.8 Å². The molecule has 0 aromatic carbocycles. The summed E-state index contributed by atoms with van der Waals surface area (Å²) in [6.45, 7) is 3.04. The third-order valence-electron chi connectivity index (χ3n) is 4.73. The van der Waals surface area contributed by atoms with E-state index in [1.54, 1.807) is 0 Å². The lowest BCUT2D eigenvalue weighted by atomic mass is 9.92. The van der Waals surface area contributed by atoms with E-state index in [0.29, 0.717) is 12.3 Å². The molecule has 0 radical (unpaired) electrons. The van der Waals surface area contributed by atoms with Gasteiger partial charge in [0.2, 0.25) is 0 Å². The second kappa shape index (κ2) is 7.57. The first-order chi connectivity index (χ1) is 11.6. The van der Waals surface area contributed by atoms with E-state index in [2.05, 4.69) is 25.5 Å². The largest absolute Gasteiger partial charge is 0.481 e. The Kier molecular flexibility index (Phi) is 5.25. The van der Waals surface area contributed by atoms with E-state index in [4.69, 9.17) is 5.11 Å². The number of imidazole rings is 1. The van der Waals surface area contributed by atoms with Gasteiger partial charge in [-0.25, -0.2) is 4.98 Å². The molecule has 1 N–H and O–H groups in total. The Morgan fingerprint density at radius 2 is 2.12 bits per heavy atom. The summed E-state index contributed by atoms with van der Waals surface area (Å²) in [7, 11) is 2.03. The normalized spacial score (nSPS) is 16.4. The molecule has 0 spiro atoms. The Hall–Kier alpha value is -2.21. The number of pyridine rings is 1. The third-order valence-corrected chi connectivity index (χ3v) is 4.73. The third kappa shape index (κ3) is 4.20. The molecule has 2 aromatic rings. The molecule has 3 rings (SSSR count). The van der Waals surface area contributed by atoms with Crippen molar-refractivity contribution in [1.82, 2.24) is 19.4 Å². The van der Waals surface area contributed by atoms with Gasteiger partial charge >= 0.3 is 5.97 Å². The Bertz CT molecular complexity index is 690. The molecule has 0 atom stereocenters. The molecule has 6 nitrogen and oxygen atoms in total. The van der Waals surface area contributed by atoms with Crippen molar-refractivity contribution in [1.29, 1.82) is 0 Å². The molecule has 0 saturated carbocycles. The van der Waals surface area contributed by atoms with E-state index in [1.807, 2.05) is 31.7 Å². The first kappa shape index (κ1) is 16.6. The van der Waals surface area contributed by atoms with E-state index in [0.717, 1.165) is 43.9 Å². The summed E-state index contributed by atoms with van der Waals surface area (Å²) in [5, 5.41) is 8.81. The molecule has 2 aromatic heterocycles. The Morgan fingerprint density at radius 1 is 1.33 bits per heavy atom. The van der Waals surface area contributed by atoms with Gasteiger partial charge in [0, 0.05) is 43.5 Å². The first-order valence-corrected chi connectivity index (χ1v) is 8.47. The van der Waals surface area contributed by atoms with Crippen molar-refractivity contribution in [2.75, 3.05) is 13.1 Å². The SMILES string of the molecule is Cn1cncc1CN1CCC(c2cccc(CCC(=O)O)n2)CC1. The second-order valence-electron chi connectivity index (χ2n) is 6.49. The molecule has 0 aliphatic carbocycles. The lowest BCUT2D eigenvalue weighted by molar-refractivity contribution is -0.136. The molecule has 0 unspecified atom stereocenters. The van der Waals surface area contributed by atoms with Crippen LogP contribution in [-0.4, -0.2) is 43.6 Å². The number of rotatable bonds is 6. The molecule has 128 valence electrons. The van der Waals surface area contributed by atoms with Crippen LogP contribution in [0.25, 0.3) is 0 Å². The fourth-order valence-corrected chi connectivity index (χ4v) is 3.25. The van der Waals surface area contributed by atoms with Crippen molar-refractivity contribution in [2.45, 2.75) is 38.1 Å². The lowest BCUT2D eigenvalue weighted by Crippen LogP contribution is -2.33.